The zero-order valence-corrected chi connectivity index (χ0v) is 8.40. The first-order valence-electron chi connectivity index (χ1n) is 4.78. The highest BCUT2D eigenvalue weighted by molar-refractivity contribution is 5.32. The number of hydrogen-bond donors (Lipinski definition) is 2. The van der Waals surface area contributed by atoms with Crippen molar-refractivity contribution in [2.24, 2.45) is 0 Å². The SMILES string of the molecule is O=c1[nH]ccnc1NCc1cccc(F)c1. The van der Waals surface area contributed by atoms with E-state index in [1.54, 1.807) is 12.1 Å². The fraction of sp³-hybridized carbons (Fsp3) is 0.0909. The van der Waals surface area contributed by atoms with Crippen molar-refractivity contribution in [3.63, 3.8) is 0 Å². The maximum Gasteiger partial charge on any atom is 0.290 e. The van der Waals surface area contributed by atoms with Gasteiger partial charge in [0.25, 0.3) is 5.56 Å². The van der Waals surface area contributed by atoms with Crippen molar-refractivity contribution in [3.8, 4) is 0 Å². The first-order chi connectivity index (χ1) is 7.75. The minimum Gasteiger partial charge on any atom is -0.361 e. The Morgan fingerprint density at radius 2 is 2.31 bits per heavy atom. The van der Waals surface area contributed by atoms with Gasteiger partial charge in [0, 0.05) is 18.9 Å². The molecule has 0 aliphatic heterocycles. The molecule has 2 rings (SSSR count). The molecular weight excluding hydrogens is 209 g/mol. The summed E-state index contributed by atoms with van der Waals surface area (Å²) >= 11 is 0. The number of hydrogen-bond acceptors (Lipinski definition) is 3. The van der Waals surface area contributed by atoms with Gasteiger partial charge in [-0.25, -0.2) is 9.37 Å². The smallest absolute Gasteiger partial charge is 0.290 e. The third kappa shape index (κ3) is 2.44. The van der Waals surface area contributed by atoms with Crippen molar-refractivity contribution in [2.45, 2.75) is 6.54 Å². The molecule has 0 amide bonds. The third-order valence-corrected chi connectivity index (χ3v) is 2.06. The van der Waals surface area contributed by atoms with Crippen LogP contribution in [0.4, 0.5) is 10.2 Å². The minimum absolute atomic E-state index is 0.228. The summed E-state index contributed by atoms with van der Waals surface area (Å²) in [6.07, 6.45) is 2.94. The predicted octanol–water partition coefficient (Wildman–Crippen LogP) is 1.52. The molecule has 0 atom stereocenters. The lowest BCUT2D eigenvalue weighted by Gasteiger charge is -2.04. The molecule has 0 unspecified atom stereocenters. The molecule has 0 bridgehead atoms. The predicted molar refractivity (Wildman–Crippen MR) is 58.6 cm³/mol. The van der Waals surface area contributed by atoms with Crippen LogP contribution in [-0.2, 0) is 6.54 Å². The van der Waals surface area contributed by atoms with Crippen LogP contribution in [0, 0.1) is 5.82 Å². The topological polar surface area (TPSA) is 57.8 Å². The Morgan fingerprint density at radius 1 is 1.44 bits per heavy atom. The summed E-state index contributed by atoms with van der Waals surface area (Å²) < 4.78 is 12.9. The van der Waals surface area contributed by atoms with Crippen molar-refractivity contribution < 1.29 is 4.39 Å². The highest BCUT2D eigenvalue weighted by Crippen LogP contribution is 2.04. The van der Waals surface area contributed by atoms with Gasteiger partial charge < -0.3 is 10.3 Å². The number of benzene rings is 1. The van der Waals surface area contributed by atoms with Gasteiger partial charge in [0.1, 0.15) is 5.82 Å². The monoisotopic (exact) mass is 219 g/mol. The third-order valence-electron chi connectivity index (χ3n) is 2.06. The van der Waals surface area contributed by atoms with Gasteiger partial charge in [0.2, 0.25) is 0 Å². The van der Waals surface area contributed by atoms with E-state index < -0.39 is 0 Å². The van der Waals surface area contributed by atoms with E-state index in [1.807, 2.05) is 0 Å². The summed E-state index contributed by atoms with van der Waals surface area (Å²) in [5.74, 6) is -0.0685. The van der Waals surface area contributed by atoms with Gasteiger partial charge in [-0.2, -0.15) is 0 Å². The minimum atomic E-state index is -0.297. The molecule has 1 aromatic carbocycles. The number of halogens is 1. The summed E-state index contributed by atoms with van der Waals surface area (Å²) in [5, 5.41) is 2.83. The average molecular weight is 219 g/mol. The van der Waals surface area contributed by atoms with Gasteiger partial charge >= 0.3 is 0 Å². The van der Waals surface area contributed by atoms with Crippen molar-refractivity contribution in [2.75, 3.05) is 5.32 Å². The Balaban J connectivity index is 2.08. The van der Waals surface area contributed by atoms with E-state index in [2.05, 4.69) is 15.3 Å². The maximum atomic E-state index is 12.9. The zero-order valence-electron chi connectivity index (χ0n) is 8.40. The molecule has 0 saturated carbocycles. The summed E-state index contributed by atoms with van der Waals surface area (Å²) in [6, 6.07) is 6.17. The molecule has 0 saturated heterocycles. The van der Waals surface area contributed by atoms with E-state index in [9.17, 15) is 9.18 Å². The second-order valence-corrected chi connectivity index (χ2v) is 3.25. The first-order valence-corrected chi connectivity index (χ1v) is 4.78. The molecular formula is C11H10FN3O. The molecule has 0 aliphatic rings. The molecule has 2 aromatic rings. The van der Waals surface area contributed by atoms with Crippen LogP contribution in [0.25, 0.3) is 0 Å². The van der Waals surface area contributed by atoms with Crippen LogP contribution >= 0.6 is 0 Å². The molecule has 0 radical (unpaired) electrons. The summed E-state index contributed by atoms with van der Waals surface area (Å²) in [6.45, 7) is 0.359. The Hall–Kier alpha value is -2.17. The quantitative estimate of drug-likeness (QED) is 0.822. The molecule has 0 fully saturated rings. The molecule has 1 aromatic heterocycles. The van der Waals surface area contributed by atoms with Crippen LogP contribution in [-0.4, -0.2) is 9.97 Å². The maximum absolute atomic E-state index is 12.9. The van der Waals surface area contributed by atoms with Crippen LogP contribution in [0.5, 0.6) is 0 Å². The number of aromatic amines is 1. The standard InChI is InChI=1S/C11H10FN3O/c12-9-3-1-2-8(6-9)7-15-10-11(16)14-5-4-13-10/h1-6H,7H2,(H,13,15)(H,14,16). The van der Waals surface area contributed by atoms with Crippen molar-refractivity contribution in [1.29, 1.82) is 0 Å². The van der Waals surface area contributed by atoms with Gasteiger partial charge in [0.15, 0.2) is 5.82 Å². The molecule has 5 heteroatoms. The van der Waals surface area contributed by atoms with Crippen LogP contribution < -0.4 is 10.9 Å². The number of nitrogens with zero attached hydrogens (tertiary/aromatic N) is 1. The van der Waals surface area contributed by atoms with E-state index in [0.29, 0.717) is 6.54 Å². The molecule has 16 heavy (non-hydrogen) atoms. The van der Waals surface area contributed by atoms with Crippen LogP contribution in [0.1, 0.15) is 5.56 Å². The van der Waals surface area contributed by atoms with E-state index >= 15 is 0 Å². The molecule has 0 aliphatic carbocycles. The highest BCUT2D eigenvalue weighted by atomic mass is 19.1. The van der Waals surface area contributed by atoms with Crippen LogP contribution in [0.15, 0.2) is 41.5 Å². The highest BCUT2D eigenvalue weighted by Gasteiger charge is 1.99. The molecule has 82 valence electrons. The lowest BCUT2D eigenvalue weighted by atomic mass is 10.2. The van der Waals surface area contributed by atoms with Crippen LogP contribution in [0.3, 0.4) is 0 Å². The fourth-order valence-electron chi connectivity index (χ4n) is 1.31. The number of rotatable bonds is 3. The Bertz CT molecular complexity index is 539. The number of anilines is 1. The van der Waals surface area contributed by atoms with Gasteiger partial charge in [-0.3, -0.25) is 4.79 Å². The van der Waals surface area contributed by atoms with E-state index in [1.165, 1.54) is 24.5 Å². The van der Waals surface area contributed by atoms with Crippen molar-refractivity contribution >= 4 is 5.82 Å². The Kier molecular flexibility index (Phi) is 2.95. The summed E-state index contributed by atoms with van der Waals surface area (Å²) in [4.78, 5) is 17.6. The van der Waals surface area contributed by atoms with Crippen molar-refractivity contribution in [3.05, 3.63) is 58.4 Å². The Morgan fingerprint density at radius 3 is 3.06 bits per heavy atom. The van der Waals surface area contributed by atoms with E-state index in [-0.39, 0.29) is 17.2 Å². The summed E-state index contributed by atoms with van der Waals surface area (Å²) in [5.41, 5.74) is 0.462. The molecule has 4 nitrogen and oxygen atoms in total. The van der Waals surface area contributed by atoms with Gasteiger partial charge in [-0.15, -0.1) is 0 Å². The van der Waals surface area contributed by atoms with Gasteiger partial charge in [0.05, 0.1) is 0 Å². The molecule has 2 N–H and O–H groups in total. The lowest BCUT2D eigenvalue weighted by molar-refractivity contribution is 0.626. The second kappa shape index (κ2) is 4.57. The van der Waals surface area contributed by atoms with Gasteiger partial charge in [-0.05, 0) is 17.7 Å². The fourth-order valence-corrected chi connectivity index (χ4v) is 1.31. The lowest BCUT2D eigenvalue weighted by Crippen LogP contribution is -2.15. The first kappa shape index (κ1) is 10.4. The van der Waals surface area contributed by atoms with Crippen LogP contribution in [0.2, 0.25) is 0 Å². The molecule has 0 spiro atoms. The summed E-state index contributed by atoms with van der Waals surface area (Å²) in [7, 11) is 0. The number of nitrogens with one attached hydrogen (secondary N) is 2. The Labute approximate surface area is 91.2 Å². The second-order valence-electron chi connectivity index (χ2n) is 3.25. The van der Waals surface area contributed by atoms with Gasteiger partial charge in [-0.1, -0.05) is 12.1 Å². The zero-order chi connectivity index (χ0) is 11.4. The average Bonchev–Trinajstić information content (AvgIpc) is 2.28. The van der Waals surface area contributed by atoms with E-state index in [4.69, 9.17) is 0 Å². The van der Waals surface area contributed by atoms with E-state index in [0.717, 1.165) is 5.56 Å². The molecule has 1 heterocycles. The largest absolute Gasteiger partial charge is 0.361 e. The van der Waals surface area contributed by atoms with Crippen molar-refractivity contribution in [1.82, 2.24) is 9.97 Å². The number of aromatic nitrogens is 2. The number of H-pyrrole nitrogens is 1. The normalized spacial score (nSPS) is 10.1.